The van der Waals surface area contributed by atoms with Gasteiger partial charge in [0.2, 0.25) is 0 Å². The Labute approximate surface area is 217 Å². The van der Waals surface area contributed by atoms with Crippen molar-refractivity contribution >= 4 is 9.76 Å². The van der Waals surface area contributed by atoms with Crippen molar-refractivity contribution < 1.29 is 30.6 Å². The van der Waals surface area contributed by atoms with E-state index in [1.807, 2.05) is 26.0 Å². The number of hydrogen-bond acceptors (Lipinski definition) is 1. The van der Waals surface area contributed by atoms with Crippen LogP contribution >= 0.6 is 0 Å². The largest absolute Gasteiger partial charge is 2.00 e. The molecule has 2 aliphatic carbocycles. The molecule has 0 heterocycles. The van der Waals surface area contributed by atoms with E-state index in [9.17, 15) is 0 Å². The van der Waals surface area contributed by atoms with Gasteiger partial charge < -0.3 is 4.43 Å². The van der Waals surface area contributed by atoms with Crippen molar-refractivity contribution in [3.8, 4) is 0 Å². The summed E-state index contributed by atoms with van der Waals surface area (Å²) in [5, 5.41) is 0. The van der Waals surface area contributed by atoms with E-state index in [-0.39, 0.29) is 46.8 Å². The Kier molecular flexibility index (Phi) is 19.3. The van der Waals surface area contributed by atoms with Gasteiger partial charge in [0.25, 0.3) is 0 Å². The predicted molar refractivity (Wildman–Crippen MR) is 140 cm³/mol. The van der Waals surface area contributed by atoms with Crippen molar-refractivity contribution in [3.05, 3.63) is 70.4 Å². The van der Waals surface area contributed by atoms with Crippen LogP contribution in [0.1, 0.15) is 83.1 Å². The zero-order valence-corrected chi connectivity index (χ0v) is 26.6. The van der Waals surface area contributed by atoms with Crippen molar-refractivity contribution in [2.45, 2.75) is 89.6 Å². The molecule has 0 aromatic carbocycles. The van der Waals surface area contributed by atoms with Gasteiger partial charge in [0.15, 0.2) is 9.76 Å². The first-order valence-electron chi connectivity index (χ1n) is 11.1. The Hall–Kier alpha value is -0.500. The van der Waals surface area contributed by atoms with Crippen LogP contribution in [0.25, 0.3) is 0 Å². The number of hydrogen-bond donors (Lipinski definition) is 0. The fraction of sp³-hybridized carbons (Fsp3) is 0.571. The normalized spacial score (nSPS) is 18.4. The third kappa shape index (κ3) is 13.0. The second kappa shape index (κ2) is 17.0. The molecule has 0 bridgehead atoms. The monoisotopic (exact) mass is 518 g/mol. The summed E-state index contributed by atoms with van der Waals surface area (Å²) in [6.45, 7) is 32.3. The Morgan fingerprint density at radius 3 is 1.26 bits per heavy atom. The van der Waals surface area contributed by atoms with Crippen LogP contribution in [-0.2, 0) is 30.6 Å². The van der Waals surface area contributed by atoms with E-state index in [1.54, 1.807) is 6.08 Å². The van der Waals surface area contributed by atoms with Crippen LogP contribution in [0, 0.1) is 23.0 Å². The first-order chi connectivity index (χ1) is 13.7. The summed E-state index contributed by atoms with van der Waals surface area (Å²) in [5.41, 5.74) is 8.79. The van der Waals surface area contributed by atoms with Gasteiger partial charge in [-0.3, -0.25) is 12.2 Å². The molecule has 1 nitrogen and oxygen atoms in total. The summed E-state index contributed by atoms with van der Waals surface area (Å²) in [6.07, 6.45) is 12.4. The number of rotatable bonds is 3. The molecule has 31 heavy (non-hydrogen) atoms. The summed E-state index contributed by atoms with van der Waals surface area (Å²) in [5.74, 6) is 0. The van der Waals surface area contributed by atoms with Gasteiger partial charge in [-0.1, -0.05) is 97.6 Å². The molecule has 0 atom stereocenters. The van der Waals surface area contributed by atoms with Gasteiger partial charge in [0.05, 0.1) is 0 Å². The molecule has 0 radical (unpaired) electrons. The van der Waals surface area contributed by atoms with E-state index in [2.05, 4.69) is 94.5 Å². The van der Waals surface area contributed by atoms with Crippen molar-refractivity contribution in [3.63, 3.8) is 0 Å². The third-order valence-electron chi connectivity index (χ3n) is 5.86. The molecule has 0 saturated heterocycles. The summed E-state index contributed by atoms with van der Waals surface area (Å²) in [4.78, 5) is 0. The smallest absolute Gasteiger partial charge is 0.425 e. The van der Waals surface area contributed by atoms with Crippen LogP contribution < -0.4 is 0 Å². The van der Waals surface area contributed by atoms with Crippen LogP contribution in [0.3, 0.4) is 0 Å². The standard InChI is InChI=1S/2C10H15.C5H8.C3H10OSi.Zr/c2*1-7-6-10(4,5)9(3)8(7)2;1-3-5-4-2;1-3-4-5-2;/h2*1-5H3;3-5H,1H2,2H3;3,5H2,1-2H3;/q2*-1;;;+2. The second-order valence-electron chi connectivity index (χ2n) is 8.79. The third-order valence-corrected chi connectivity index (χ3v) is 6.68. The van der Waals surface area contributed by atoms with Gasteiger partial charge in [-0.15, -0.1) is 13.8 Å². The fourth-order valence-corrected chi connectivity index (χ4v) is 3.56. The van der Waals surface area contributed by atoms with Gasteiger partial charge in [-0.2, -0.15) is 22.3 Å². The first-order valence-corrected chi connectivity index (χ1v) is 13.1. The van der Waals surface area contributed by atoms with Crippen LogP contribution in [0.5, 0.6) is 0 Å². The van der Waals surface area contributed by atoms with Gasteiger partial charge >= 0.3 is 26.2 Å². The first kappa shape index (κ1) is 35.1. The minimum atomic E-state index is -0.0860. The molecule has 0 aromatic rings. The van der Waals surface area contributed by atoms with Gasteiger partial charge in [0, 0.05) is 6.61 Å². The summed E-state index contributed by atoms with van der Waals surface area (Å²) in [6, 6.07) is 0. The maximum absolute atomic E-state index is 4.97. The molecule has 0 spiro atoms. The molecule has 174 valence electrons. The Morgan fingerprint density at radius 1 is 0.871 bits per heavy atom. The summed E-state index contributed by atoms with van der Waals surface area (Å²) < 4.78 is 4.97. The molecule has 0 amide bonds. The topological polar surface area (TPSA) is 9.23 Å². The molecular weight excluding hydrogens is 472 g/mol. The molecule has 0 unspecified atom stereocenters. The minimum absolute atomic E-state index is 0. The van der Waals surface area contributed by atoms with E-state index < -0.39 is 0 Å². The van der Waals surface area contributed by atoms with Gasteiger partial charge in [-0.25, -0.2) is 11.1 Å². The van der Waals surface area contributed by atoms with Crippen molar-refractivity contribution in [2.24, 2.45) is 10.8 Å². The van der Waals surface area contributed by atoms with Gasteiger partial charge in [0.1, 0.15) is 0 Å². The molecule has 2 aliphatic rings. The minimum Gasteiger partial charge on any atom is -0.425 e. The van der Waals surface area contributed by atoms with Crippen molar-refractivity contribution in [1.29, 1.82) is 0 Å². The summed E-state index contributed by atoms with van der Waals surface area (Å²) >= 11 is 0. The van der Waals surface area contributed by atoms with E-state index in [0.717, 1.165) is 6.61 Å². The van der Waals surface area contributed by atoms with Crippen LogP contribution in [0.2, 0.25) is 6.55 Å². The van der Waals surface area contributed by atoms with Crippen molar-refractivity contribution in [2.75, 3.05) is 6.61 Å². The van der Waals surface area contributed by atoms with Crippen LogP contribution in [0.4, 0.5) is 0 Å². The van der Waals surface area contributed by atoms with Crippen molar-refractivity contribution in [1.82, 2.24) is 0 Å². The molecule has 0 saturated carbocycles. The van der Waals surface area contributed by atoms with E-state index in [4.69, 9.17) is 4.43 Å². The van der Waals surface area contributed by atoms with Crippen LogP contribution in [0.15, 0.2) is 58.2 Å². The summed E-state index contributed by atoms with van der Waals surface area (Å²) in [7, 11) is -0.0860. The van der Waals surface area contributed by atoms with E-state index >= 15 is 0 Å². The molecule has 3 heteroatoms. The molecular formula is C28H48OSiZr. The average molecular weight is 520 g/mol. The van der Waals surface area contributed by atoms with E-state index in [1.165, 1.54) is 33.4 Å². The molecule has 0 aliphatic heterocycles. The second-order valence-corrected chi connectivity index (χ2v) is 9.78. The number of allylic oxidation sites excluding steroid dienone is 11. The Balaban J connectivity index is -0.000000353. The maximum atomic E-state index is 4.97. The van der Waals surface area contributed by atoms with Crippen LogP contribution in [-0.4, -0.2) is 16.4 Å². The maximum Gasteiger partial charge on any atom is 2.00 e. The SMILES string of the molecule is C=CC=CC.CC1=[C-]C(C)(C)C(C)=C1C.CC1=[C-]C(C)(C)C(C)=C1C.CCO[SiH2]C.[Zr+2]. The van der Waals surface area contributed by atoms with E-state index in [0.29, 0.717) is 0 Å². The zero-order chi connectivity index (χ0) is 24.1. The van der Waals surface area contributed by atoms with Gasteiger partial charge in [-0.05, 0) is 13.8 Å². The molecule has 0 N–H and O–H groups in total. The zero-order valence-electron chi connectivity index (χ0n) is 22.8. The average Bonchev–Trinajstić information content (AvgIpc) is 2.95. The molecule has 0 fully saturated rings. The predicted octanol–water partition coefficient (Wildman–Crippen LogP) is 8.12. The quantitative estimate of drug-likeness (QED) is 0.208. The Bertz CT molecular complexity index is 649. The molecule has 0 aromatic heterocycles. The molecule has 2 rings (SSSR count). The fourth-order valence-electron chi connectivity index (χ4n) is 3.15. The Morgan fingerprint density at radius 2 is 1.23 bits per heavy atom.